The summed E-state index contributed by atoms with van der Waals surface area (Å²) < 4.78 is 0. The molecule has 2 aliphatic heterocycles. The molecular formula is C28H39N7O3S. The number of nitrogens with zero attached hydrogens (tertiary/aromatic N) is 3. The number of carbonyl (C=O) groups is 3. The zero-order chi connectivity index (χ0) is 27.8. The van der Waals surface area contributed by atoms with Crippen LogP contribution in [0.15, 0.2) is 54.6 Å². The Balaban J connectivity index is 1.24. The fraction of sp³-hybridized carbons (Fsp3) is 0.464. The van der Waals surface area contributed by atoms with Gasteiger partial charge in [-0.25, -0.2) is 0 Å². The average molecular weight is 554 g/mol. The first kappa shape index (κ1) is 28.9. The van der Waals surface area contributed by atoms with Crippen LogP contribution in [0.1, 0.15) is 13.3 Å². The van der Waals surface area contributed by atoms with Gasteiger partial charge in [-0.1, -0.05) is 18.2 Å². The van der Waals surface area contributed by atoms with Crippen LogP contribution < -0.4 is 21.7 Å². The molecule has 39 heavy (non-hydrogen) atoms. The number of rotatable bonds is 11. The number of para-hydroxylation sites is 1. The molecule has 4 rings (SSSR count). The van der Waals surface area contributed by atoms with Crippen molar-refractivity contribution in [2.75, 3.05) is 68.8 Å². The van der Waals surface area contributed by atoms with Crippen LogP contribution in [0.25, 0.3) is 0 Å². The van der Waals surface area contributed by atoms with Crippen molar-refractivity contribution in [2.45, 2.75) is 30.0 Å². The van der Waals surface area contributed by atoms with Gasteiger partial charge in [-0.2, -0.15) is 0 Å². The van der Waals surface area contributed by atoms with Crippen molar-refractivity contribution in [3.8, 4) is 0 Å². The maximum Gasteiger partial charge on any atom is 0.244 e. The van der Waals surface area contributed by atoms with Crippen LogP contribution in [0.5, 0.6) is 0 Å². The van der Waals surface area contributed by atoms with Crippen molar-refractivity contribution in [3.63, 3.8) is 0 Å². The SMILES string of the molecule is CCN1C(=O)[C@@H](CNc2ccc(NC(=O)CCN3CCN(C)CC3)cc2)SC1[C@H](N)C(=O)Nc1ccccc1. The summed E-state index contributed by atoms with van der Waals surface area (Å²) in [4.78, 5) is 44.5. The van der Waals surface area contributed by atoms with Crippen molar-refractivity contribution in [1.29, 1.82) is 0 Å². The van der Waals surface area contributed by atoms with Gasteiger partial charge in [0.2, 0.25) is 17.7 Å². The largest absolute Gasteiger partial charge is 0.383 e. The maximum atomic E-state index is 13.0. The Morgan fingerprint density at radius 3 is 2.28 bits per heavy atom. The Morgan fingerprint density at radius 2 is 1.62 bits per heavy atom. The van der Waals surface area contributed by atoms with Crippen molar-refractivity contribution in [1.82, 2.24) is 14.7 Å². The van der Waals surface area contributed by atoms with Crippen LogP contribution in [0, 0.1) is 0 Å². The first-order chi connectivity index (χ1) is 18.8. The third kappa shape index (κ3) is 7.95. The first-order valence-corrected chi connectivity index (χ1v) is 14.4. The van der Waals surface area contributed by atoms with Gasteiger partial charge < -0.3 is 36.4 Å². The Hall–Kier alpha value is -3.12. The summed E-state index contributed by atoms with van der Waals surface area (Å²) in [6.45, 7) is 7.60. The number of nitrogens with one attached hydrogen (secondary N) is 3. The Labute approximate surface area is 234 Å². The fourth-order valence-electron chi connectivity index (χ4n) is 4.67. The third-order valence-electron chi connectivity index (χ3n) is 7.07. The minimum Gasteiger partial charge on any atom is -0.383 e. The zero-order valence-electron chi connectivity index (χ0n) is 22.6. The monoisotopic (exact) mass is 553 g/mol. The molecule has 1 unspecified atom stereocenters. The van der Waals surface area contributed by atoms with Crippen LogP contribution in [0.3, 0.4) is 0 Å². The predicted octanol–water partition coefficient (Wildman–Crippen LogP) is 1.93. The van der Waals surface area contributed by atoms with E-state index in [-0.39, 0.29) is 23.0 Å². The summed E-state index contributed by atoms with van der Waals surface area (Å²) in [5, 5.41) is 8.30. The Bertz CT molecular complexity index is 1110. The molecule has 0 aromatic heterocycles. The van der Waals surface area contributed by atoms with Gasteiger partial charge in [0.15, 0.2) is 0 Å². The number of hydrogen-bond acceptors (Lipinski definition) is 8. The first-order valence-electron chi connectivity index (χ1n) is 13.5. The highest BCUT2D eigenvalue weighted by molar-refractivity contribution is 8.01. The van der Waals surface area contributed by atoms with E-state index in [1.165, 1.54) is 11.8 Å². The summed E-state index contributed by atoms with van der Waals surface area (Å²) >= 11 is 1.41. The molecule has 2 aromatic carbocycles. The van der Waals surface area contributed by atoms with Gasteiger partial charge in [0.05, 0.1) is 0 Å². The second-order valence-electron chi connectivity index (χ2n) is 9.92. The maximum absolute atomic E-state index is 13.0. The highest BCUT2D eigenvalue weighted by atomic mass is 32.2. The molecule has 0 spiro atoms. The smallest absolute Gasteiger partial charge is 0.244 e. The van der Waals surface area contributed by atoms with Crippen LogP contribution in [0.2, 0.25) is 0 Å². The van der Waals surface area contributed by atoms with E-state index >= 15 is 0 Å². The molecule has 3 amide bonds. The number of nitrogens with two attached hydrogens (primary N) is 1. The predicted molar refractivity (Wildman–Crippen MR) is 158 cm³/mol. The van der Waals surface area contributed by atoms with E-state index in [1.54, 1.807) is 17.0 Å². The van der Waals surface area contributed by atoms with Crippen LogP contribution >= 0.6 is 11.8 Å². The third-order valence-corrected chi connectivity index (χ3v) is 8.60. The number of thioether (sulfide) groups is 1. The molecule has 2 heterocycles. The molecule has 210 valence electrons. The molecule has 0 radical (unpaired) electrons. The van der Waals surface area contributed by atoms with Crippen molar-refractivity contribution < 1.29 is 14.4 Å². The number of benzene rings is 2. The van der Waals surface area contributed by atoms with E-state index in [1.807, 2.05) is 49.4 Å². The lowest BCUT2D eigenvalue weighted by Gasteiger charge is -2.32. The Morgan fingerprint density at radius 1 is 0.974 bits per heavy atom. The lowest BCUT2D eigenvalue weighted by Crippen LogP contribution is -2.50. The molecule has 2 aliphatic rings. The van der Waals surface area contributed by atoms with Crippen LogP contribution in [-0.2, 0) is 14.4 Å². The van der Waals surface area contributed by atoms with Gasteiger partial charge >= 0.3 is 0 Å². The van der Waals surface area contributed by atoms with Crippen molar-refractivity contribution in [2.24, 2.45) is 5.73 Å². The summed E-state index contributed by atoms with van der Waals surface area (Å²) in [5.41, 5.74) is 8.56. The van der Waals surface area contributed by atoms with Gasteiger partial charge in [-0.3, -0.25) is 14.4 Å². The molecule has 0 saturated carbocycles. The minimum absolute atomic E-state index is 0.000860. The number of amides is 3. The topological polar surface area (TPSA) is 123 Å². The molecule has 11 heteroatoms. The molecule has 10 nitrogen and oxygen atoms in total. The van der Waals surface area contributed by atoms with Gasteiger partial charge in [-0.15, -0.1) is 11.8 Å². The number of anilines is 3. The van der Waals surface area contributed by atoms with Crippen LogP contribution in [0.4, 0.5) is 17.1 Å². The molecule has 2 fully saturated rings. The average Bonchev–Trinajstić information content (AvgIpc) is 3.27. The number of hydrogen-bond donors (Lipinski definition) is 4. The van der Waals surface area contributed by atoms with E-state index in [4.69, 9.17) is 5.73 Å². The highest BCUT2D eigenvalue weighted by Crippen LogP contribution is 2.33. The Kier molecular flexibility index (Phi) is 10.2. The summed E-state index contributed by atoms with van der Waals surface area (Å²) in [7, 11) is 2.12. The molecule has 0 aliphatic carbocycles. The zero-order valence-corrected chi connectivity index (χ0v) is 23.5. The van der Waals surface area contributed by atoms with Crippen LogP contribution in [-0.4, -0.2) is 102 Å². The summed E-state index contributed by atoms with van der Waals surface area (Å²) in [6, 6.07) is 15.8. The summed E-state index contributed by atoms with van der Waals surface area (Å²) in [6.07, 6.45) is 0.464. The lowest BCUT2D eigenvalue weighted by molar-refractivity contribution is -0.130. The van der Waals surface area contributed by atoms with Gasteiger partial charge in [0.1, 0.15) is 16.7 Å². The molecule has 0 bridgehead atoms. The van der Waals surface area contributed by atoms with E-state index in [0.717, 1.165) is 44.1 Å². The molecular weight excluding hydrogens is 514 g/mol. The number of piperazine rings is 1. The molecule has 5 N–H and O–H groups in total. The molecule has 2 aromatic rings. The fourth-order valence-corrected chi connectivity index (χ4v) is 6.13. The van der Waals surface area contributed by atoms with Crippen molar-refractivity contribution >= 4 is 46.5 Å². The lowest BCUT2D eigenvalue weighted by atomic mass is 10.2. The normalized spacial score (nSPS) is 21.0. The van der Waals surface area contributed by atoms with E-state index in [9.17, 15) is 14.4 Å². The number of likely N-dealkylation sites (N-methyl/N-ethyl adjacent to an activating group) is 2. The summed E-state index contributed by atoms with van der Waals surface area (Å²) in [5.74, 6) is -0.354. The second kappa shape index (κ2) is 13.8. The second-order valence-corrected chi connectivity index (χ2v) is 11.2. The molecule has 3 atom stereocenters. The standard InChI is InChI=1S/C28H39N7O3S/c1-3-35-27(38)23(39-28(35)25(29)26(37)32-21-7-5-4-6-8-21)19-30-20-9-11-22(12-10-20)31-24(36)13-14-34-17-15-33(2)16-18-34/h4-12,23,25,28,30H,3,13-19,29H2,1-2H3,(H,31,36)(H,32,37)/t23-,25-,28?/m1/s1. The van der Waals surface area contributed by atoms with Gasteiger partial charge in [-0.05, 0) is 50.4 Å². The highest BCUT2D eigenvalue weighted by Gasteiger charge is 2.44. The van der Waals surface area contributed by atoms with E-state index in [2.05, 4.69) is 32.8 Å². The van der Waals surface area contributed by atoms with E-state index < -0.39 is 11.4 Å². The van der Waals surface area contributed by atoms with Gasteiger partial charge in [0, 0.05) is 69.3 Å². The quantitative estimate of drug-likeness (QED) is 0.333. The van der Waals surface area contributed by atoms with Crippen molar-refractivity contribution in [3.05, 3.63) is 54.6 Å². The minimum atomic E-state index is -0.858. The van der Waals surface area contributed by atoms with E-state index in [0.29, 0.717) is 25.2 Å². The molecule has 2 saturated heterocycles. The van der Waals surface area contributed by atoms with Gasteiger partial charge in [0.25, 0.3) is 0 Å². The number of carbonyl (C=O) groups excluding carboxylic acids is 3.